The maximum absolute atomic E-state index is 13.7. The van der Waals surface area contributed by atoms with E-state index in [4.69, 9.17) is 4.74 Å². The monoisotopic (exact) mass is 272 g/mol. The van der Waals surface area contributed by atoms with Gasteiger partial charge >= 0.3 is 0 Å². The van der Waals surface area contributed by atoms with E-state index >= 15 is 0 Å². The fourth-order valence-electron chi connectivity index (χ4n) is 1.60. The van der Waals surface area contributed by atoms with Gasteiger partial charge in [-0.05, 0) is 26.3 Å². The average Bonchev–Trinajstić information content (AvgIpc) is 2.71. The van der Waals surface area contributed by atoms with Crippen LogP contribution in [0.5, 0.6) is 0 Å². The van der Waals surface area contributed by atoms with Crippen LogP contribution in [-0.2, 0) is 11.3 Å². The highest BCUT2D eigenvalue weighted by Crippen LogP contribution is 2.31. The SMILES string of the molecule is CNc1nc2n(n1)CCC=C2OC(C)C(C)(F)P. The van der Waals surface area contributed by atoms with Crippen molar-refractivity contribution in [2.75, 3.05) is 12.4 Å². The van der Waals surface area contributed by atoms with E-state index in [2.05, 4.69) is 24.6 Å². The Morgan fingerprint density at radius 2 is 2.39 bits per heavy atom. The standard InChI is InChI=1S/C11H18FN4OP/c1-7(11(2,12)18)17-8-5-4-6-16-9(8)14-10(13-3)15-16/h5,7H,4,6,18H2,1-3H3,(H,13,15). The van der Waals surface area contributed by atoms with Gasteiger partial charge in [0.15, 0.2) is 17.0 Å². The molecule has 0 saturated carbocycles. The third-order valence-electron chi connectivity index (χ3n) is 2.88. The molecule has 0 spiro atoms. The van der Waals surface area contributed by atoms with Gasteiger partial charge in [-0.3, -0.25) is 0 Å². The summed E-state index contributed by atoms with van der Waals surface area (Å²) in [4.78, 5) is 4.30. The molecular weight excluding hydrogens is 254 g/mol. The molecule has 3 atom stereocenters. The fourth-order valence-corrected chi connectivity index (χ4v) is 1.67. The minimum Gasteiger partial charge on any atom is -0.483 e. The molecule has 2 rings (SSSR count). The molecule has 0 amide bonds. The number of hydrogen-bond donors (Lipinski definition) is 1. The molecule has 0 fully saturated rings. The number of alkyl halides is 1. The predicted molar refractivity (Wildman–Crippen MR) is 71.9 cm³/mol. The lowest BCUT2D eigenvalue weighted by molar-refractivity contribution is 0.0760. The number of ether oxygens (including phenoxy) is 1. The smallest absolute Gasteiger partial charge is 0.242 e. The molecule has 2 heterocycles. The lowest BCUT2D eigenvalue weighted by atomic mass is 10.2. The molecule has 1 aromatic heterocycles. The Morgan fingerprint density at radius 3 is 3.00 bits per heavy atom. The maximum atomic E-state index is 13.7. The summed E-state index contributed by atoms with van der Waals surface area (Å²) in [6.45, 7) is 3.93. The van der Waals surface area contributed by atoms with Crippen molar-refractivity contribution in [1.82, 2.24) is 14.8 Å². The van der Waals surface area contributed by atoms with Crippen molar-refractivity contribution in [3.8, 4) is 0 Å². The van der Waals surface area contributed by atoms with E-state index < -0.39 is 11.5 Å². The summed E-state index contributed by atoms with van der Waals surface area (Å²) in [6.07, 6.45) is 2.16. The molecule has 5 nitrogen and oxygen atoms in total. The quantitative estimate of drug-likeness (QED) is 0.852. The van der Waals surface area contributed by atoms with Gasteiger partial charge in [-0.1, -0.05) is 9.24 Å². The van der Waals surface area contributed by atoms with Crippen LogP contribution in [-0.4, -0.2) is 33.3 Å². The normalized spacial score (nSPS) is 19.5. The van der Waals surface area contributed by atoms with Gasteiger partial charge in [0, 0.05) is 13.6 Å². The molecule has 0 bridgehead atoms. The molecule has 3 unspecified atom stereocenters. The predicted octanol–water partition coefficient (Wildman–Crippen LogP) is 2.03. The van der Waals surface area contributed by atoms with Gasteiger partial charge < -0.3 is 10.1 Å². The molecule has 18 heavy (non-hydrogen) atoms. The minimum absolute atomic E-state index is 0.544. The summed E-state index contributed by atoms with van der Waals surface area (Å²) in [7, 11) is 3.91. The van der Waals surface area contributed by atoms with Crippen LogP contribution in [0.3, 0.4) is 0 Å². The van der Waals surface area contributed by atoms with Crippen molar-refractivity contribution in [2.45, 2.75) is 38.3 Å². The number of nitrogens with zero attached hydrogens (tertiary/aromatic N) is 3. The van der Waals surface area contributed by atoms with E-state index in [1.54, 1.807) is 18.7 Å². The Kier molecular flexibility index (Phi) is 3.57. The summed E-state index contributed by atoms with van der Waals surface area (Å²) < 4.78 is 21.2. The van der Waals surface area contributed by atoms with E-state index in [0.717, 1.165) is 13.0 Å². The highest BCUT2D eigenvalue weighted by atomic mass is 31.0. The van der Waals surface area contributed by atoms with Gasteiger partial charge in [0.2, 0.25) is 5.95 Å². The second kappa shape index (κ2) is 4.84. The number of aromatic nitrogens is 3. The lowest BCUT2D eigenvalue weighted by Crippen LogP contribution is -2.28. The molecule has 1 aliphatic heterocycles. The van der Waals surface area contributed by atoms with Crippen LogP contribution in [0.1, 0.15) is 26.1 Å². The molecule has 0 aromatic carbocycles. The number of fused-ring (bicyclic) bond motifs is 1. The number of hydrogen-bond acceptors (Lipinski definition) is 4. The van der Waals surface area contributed by atoms with E-state index in [1.165, 1.54) is 6.92 Å². The Balaban J connectivity index is 2.20. The van der Waals surface area contributed by atoms with E-state index in [9.17, 15) is 4.39 Å². The third-order valence-corrected chi connectivity index (χ3v) is 3.35. The van der Waals surface area contributed by atoms with Crippen LogP contribution >= 0.6 is 9.24 Å². The topological polar surface area (TPSA) is 52.0 Å². The zero-order valence-corrected chi connectivity index (χ0v) is 11.9. The number of rotatable bonds is 4. The Hall–Kier alpha value is -1.16. The maximum Gasteiger partial charge on any atom is 0.242 e. The summed E-state index contributed by atoms with van der Waals surface area (Å²) >= 11 is 0. The molecule has 1 N–H and O–H groups in total. The van der Waals surface area contributed by atoms with Crippen LogP contribution < -0.4 is 5.32 Å². The van der Waals surface area contributed by atoms with Crippen molar-refractivity contribution < 1.29 is 9.13 Å². The highest BCUT2D eigenvalue weighted by molar-refractivity contribution is 7.18. The third kappa shape index (κ3) is 2.64. The second-order valence-corrected chi connectivity index (χ2v) is 5.63. The first-order valence-corrected chi connectivity index (χ1v) is 6.47. The first-order chi connectivity index (χ1) is 8.41. The molecule has 7 heteroatoms. The van der Waals surface area contributed by atoms with Crippen LogP contribution in [0.15, 0.2) is 6.08 Å². The minimum atomic E-state index is -1.48. The number of halogens is 1. The first kappa shape index (κ1) is 13.3. The van der Waals surface area contributed by atoms with Crippen LogP contribution in [0, 0.1) is 0 Å². The van der Waals surface area contributed by atoms with Gasteiger partial charge in [-0.15, -0.1) is 5.10 Å². The van der Waals surface area contributed by atoms with Gasteiger partial charge in [-0.25, -0.2) is 9.07 Å². The van der Waals surface area contributed by atoms with Gasteiger partial charge in [0.25, 0.3) is 0 Å². The number of nitrogens with one attached hydrogen (secondary N) is 1. The lowest BCUT2D eigenvalue weighted by Gasteiger charge is -2.26. The highest BCUT2D eigenvalue weighted by Gasteiger charge is 2.29. The van der Waals surface area contributed by atoms with E-state index in [-0.39, 0.29) is 0 Å². The second-order valence-electron chi connectivity index (χ2n) is 4.50. The van der Waals surface area contributed by atoms with Crippen LogP contribution in [0.2, 0.25) is 0 Å². The molecule has 0 aliphatic carbocycles. The molecule has 0 radical (unpaired) electrons. The molecular formula is C11H18FN4OP. The number of aryl methyl sites for hydroxylation is 1. The fraction of sp³-hybridized carbons (Fsp3) is 0.636. The molecule has 100 valence electrons. The van der Waals surface area contributed by atoms with E-state index in [0.29, 0.717) is 17.5 Å². The van der Waals surface area contributed by atoms with Crippen molar-refractivity contribution in [3.05, 3.63) is 11.9 Å². The largest absolute Gasteiger partial charge is 0.483 e. The number of anilines is 1. The van der Waals surface area contributed by atoms with Crippen molar-refractivity contribution in [3.63, 3.8) is 0 Å². The van der Waals surface area contributed by atoms with Gasteiger partial charge in [0.05, 0.1) is 0 Å². The zero-order valence-electron chi connectivity index (χ0n) is 10.8. The zero-order chi connectivity index (χ0) is 13.3. The first-order valence-electron chi connectivity index (χ1n) is 5.89. The molecule has 0 saturated heterocycles. The summed E-state index contributed by atoms with van der Waals surface area (Å²) in [5.41, 5.74) is 0. The summed E-state index contributed by atoms with van der Waals surface area (Å²) in [6, 6.07) is 0. The van der Waals surface area contributed by atoms with Crippen LogP contribution in [0.4, 0.5) is 10.3 Å². The van der Waals surface area contributed by atoms with Crippen molar-refractivity contribution in [1.29, 1.82) is 0 Å². The van der Waals surface area contributed by atoms with Gasteiger partial charge in [0.1, 0.15) is 6.10 Å². The summed E-state index contributed by atoms with van der Waals surface area (Å²) in [5, 5.41) is 5.67. The van der Waals surface area contributed by atoms with Gasteiger partial charge in [-0.2, -0.15) is 4.98 Å². The number of allylic oxidation sites excluding steroid dienone is 1. The van der Waals surface area contributed by atoms with E-state index in [1.807, 2.05) is 6.08 Å². The van der Waals surface area contributed by atoms with Crippen molar-refractivity contribution in [2.24, 2.45) is 0 Å². The van der Waals surface area contributed by atoms with Crippen molar-refractivity contribution >= 4 is 20.9 Å². The Morgan fingerprint density at radius 1 is 1.67 bits per heavy atom. The Labute approximate surface area is 108 Å². The average molecular weight is 272 g/mol. The Bertz CT molecular complexity index is 466. The molecule has 1 aliphatic rings. The summed E-state index contributed by atoms with van der Waals surface area (Å²) in [5.74, 6) is 1.78. The van der Waals surface area contributed by atoms with Crippen LogP contribution in [0.25, 0.3) is 5.76 Å². The molecule has 1 aromatic rings.